The van der Waals surface area contributed by atoms with E-state index in [1.807, 2.05) is 7.05 Å². The van der Waals surface area contributed by atoms with Crippen LogP contribution in [0.25, 0.3) is 6.08 Å². The molecular formula is C23H29FN2O2S. The lowest BCUT2D eigenvalue weighted by Crippen LogP contribution is -2.53. The van der Waals surface area contributed by atoms with Crippen LogP contribution in [0.15, 0.2) is 29.2 Å². The van der Waals surface area contributed by atoms with Gasteiger partial charge in [-0.25, -0.2) is 4.39 Å². The van der Waals surface area contributed by atoms with Crippen LogP contribution in [0.2, 0.25) is 0 Å². The molecule has 1 aromatic carbocycles. The maximum atomic E-state index is 14.0. The largest absolute Gasteiger partial charge is 0.353 e. The lowest BCUT2D eigenvalue weighted by molar-refractivity contribution is -0.132. The number of rotatable bonds is 3. The van der Waals surface area contributed by atoms with E-state index in [0.29, 0.717) is 22.9 Å². The van der Waals surface area contributed by atoms with Gasteiger partial charge in [-0.05, 0) is 44.2 Å². The minimum Gasteiger partial charge on any atom is -0.353 e. The Kier molecular flexibility index (Phi) is 6.28. The third-order valence-electron chi connectivity index (χ3n) is 6.58. The van der Waals surface area contributed by atoms with Crippen molar-refractivity contribution < 1.29 is 14.0 Å². The highest BCUT2D eigenvalue weighted by molar-refractivity contribution is 8.04. The molecule has 3 fully saturated rings. The average Bonchev–Trinajstić information content (AvgIpc) is 2.74. The van der Waals surface area contributed by atoms with Crippen LogP contribution in [-0.2, 0) is 9.59 Å². The third-order valence-corrected chi connectivity index (χ3v) is 7.97. The number of likely N-dealkylation sites (N-methyl/N-ethyl adjacent to an activating group) is 1. The zero-order valence-electron chi connectivity index (χ0n) is 16.9. The first kappa shape index (κ1) is 20.5. The fourth-order valence-electron chi connectivity index (χ4n) is 4.84. The molecule has 1 N–H and O–H groups in total. The molecule has 4 rings (SSSR count). The van der Waals surface area contributed by atoms with Crippen LogP contribution in [0.5, 0.6) is 0 Å². The van der Waals surface area contributed by atoms with Crippen molar-refractivity contribution in [3.8, 4) is 0 Å². The van der Waals surface area contributed by atoms with Gasteiger partial charge < -0.3 is 10.2 Å². The maximum Gasteiger partial charge on any atom is 0.260 e. The van der Waals surface area contributed by atoms with Gasteiger partial charge in [0.2, 0.25) is 5.91 Å². The Labute approximate surface area is 176 Å². The molecule has 1 heterocycles. The highest BCUT2D eigenvalue weighted by atomic mass is 32.2. The van der Waals surface area contributed by atoms with Crippen molar-refractivity contribution in [1.29, 1.82) is 0 Å². The van der Waals surface area contributed by atoms with Crippen LogP contribution in [0, 0.1) is 11.7 Å². The zero-order chi connectivity index (χ0) is 20.4. The van der Waals surface area contributed by atoms with Gasteiger partial charge in [0.15, 0.2) is 0 Å². The minimum absolute atomic E-state index is 0.0221. The molecule has 3 unspecified atom stereocenters. The van der Waals surface area contributed by atoms with E-state index in [-0.39, 0.29) is 34.8 Å². The second kappa shape index (κ2) is 8.90. The molecule has 0 spiro atoms. The summed E-state index contributed by atoms with van der Waals surface area (Å²) in [5.41, 5.74) is 0.441. The molecule has 2 amide bonds. The average molecular weight is 417 g/mol. The number of carbonyl (C=O) groups is 2. The summed E-state index contributed by atoms with van der Waals surface area (Å²) < 4.78 is 14.0. The fraction of sp³-hybridized carbons (Fsp3) is 0.565. The molecule has 3 aliphatic rings. The molecule has 2 aliphatic carbocycles. The molecular weight excluding hydrogens is 387 g/mol. The molecule has 1 aliphatic heterocycles. The van der Waals surface area contributed by atoms with E-state index in [2.05, 4.69) is 5.32 Å². The molecule has 4 nitrogen and oxygen atoms in total. The van der Waals surface area contributed by atoms with Crippen LogP contribution in [0.1, 0.15) is 56.9 Å². The highest BCUT2D eigenvalue weighted by Crippen LogP contribution is 2.43. The van der Waals surface area contributed by atoms with Crippen LogP contribution in [0.3, 0.4) is 0 Å². The summed E-state index contributed by atoms with van der Waals surface area (Å²) in [4.78, 5) is 28.1. The van der Waals surface area contributed by atoms with Crippen LogP contribution in [0.4, 0.5) is 4.39 Å². The first-order valence-electron chi connectivity index (χ1n) is 10.7. The van der Waals surface area contributed by atoms with Crippen LogP contribution in [-0.4, -0.2) is 41.1 Å². The molecule has 6 heteroatoms. The smallest absolute Gasteiger partial charge is 0.260 e. The third kappa shape index (κ3) is 4.52. The van der Waals surface area contributed by atoms with Crippen molar-refractivity contribution >= 4 is 29.7 Å². The number of thioether (sulfide) groups is 1. The number of nitrogens with one attached hydrogen (secondary N) is 1. The summed E-state index contributed by atoms with van der Waals surface area (Å²) in [5.74, 6) is -0.255. The molecule has 29 heavy (non-hydrogen) atoms. The van der Waals surface area contributed by atoms with E-state index in [9.17, 15) is 14.0 Å². The van der Waals surface area contributed by atoms with Gasteiger partial charge >= 0.3 is 0 Å². The summed E-state index contributed by atoms with van der Waals surface area (Å²) >= 11 is 1.55. The summed E-state index contributed by atoms with van der Waals surface area (Å²) in [7, 11) is 1.82. The summed E-state index contributed by atoms with van der Waals surface area (Å²) in [6.45, 7) is 0. The Bertz CT molecular complexity index is 806. The van der Waals surface area contributed by atoms with Crippen molar-refractivity contribution in [2.24, 2.45) is 5.92 Å². The number of hydrogen-bond donors (Lipinski definition) is 1. The molecule has 0 radical (unpaired) electrons. The van der Waals surface area contributed by atoms with E-state index < -0.39 is 0 Å². The predicted octanol–water partition coefficient (Wildman–Crippen LogP) is 4.36. The van der Waals surface area contributed by atoms with Gasteiger partial charge in [0, 0.05) is 35.9 Å². The van der Waals surface area contributed by atoms with Gasteiger partial charge in [-0.15, -0.1) is 11.8 Å². The molecule has 0 aromatic heterocycles. The maximum absolute atomic E-state index is 14.0. The second-order valence-electron chi connectivity index (χ2n) is 8.52. The molecule has 3 atom stereocenters. The van der Waals surface area contributed by atoms with Crippen molar-refractivity contribution in [3.05, 3.63) is 40.6 Å². The topological polar surface area (TPSA) is 49.4 Å². The Morgan fingerprint density at radius 1 is 1.17 bits per heavy atom. The Hall–Kier alpha value is -1.82. The standard InChI is InChI=1S/C23H29FN2O2S/c1-26-19-13-16(22(27)25-17-8-3-2-4-9-17)11-12-20(19)29-21(23(26)28)14-15-7-5-6-10-18(15)24/h5-7,10,14,16-17,19-20H,2-4,8-9,11-13H2,1H3,(H,25,27)/b21-14-. The first-order chi connectivity index (χ1) is 14.0. The van der Waals surface area contributed by atoms with Gasteiger partial charge in [0.05, 0.1) is 4.91 Å². The van der Waals surface area contributed by atoms with Crippen molar-refractivity contribution in [3.63, 3.8) is 0 Å². The monoisotopic (exact) mass is 416 g/mol. The quantitative estimate of drug-likeness (QED) is 0.745. The van der Waals surface area contributed by atoms with E-state index >= 15 is 0 Å². The number of amides is 2. The van der Waals surface area contributed by atoms with Gasteiger partial charge in [0.25, 0.3) is 5.91 Å². The molecule has 0 bridgehead atoms. The number of halogens is 1. The number of fused-ring (bicyclic) bond motifs is 1. The van der Waals surface area contributed by atoms with Gasteiger partial charge in [0.1, 0.15) is 5.82 Å². The van der Waals surface area contributed by atoms with E-state index in [4.69, 9.17) is 0 Å². The lowest BCUT2D eigenvalue weighted by atomic mass is 9.83. The fourth-order valence-corrected chi connectivity index (χ4v) is 6.31. The lowest BCUT2D eigenvalue weighted by Gasteiger charge is -2.44. The van der Waals surface area contributed by atoms with E-state index in [1.54, 1.807) is 40.9 Å². The summed E-state index contributed by atoms with van der Waals surface area (Å²) in [6.07, 6.45) is 9.96. The Balaban J connectivity index is 1.42. The second-order valence-corrected chi connectivity index (χ2v) is 9.80. The van der Waals surface area contributed by atoms with Crippen molar-refractivity contribution in [1.82, 2.24) is 10.2 Å². The molecule has 1 aromatic rings. The Morgan fingerprint density at radius 2 is 1.93 bits per heavy atom. The van der Waals surface area contributed by atoms with E-state index in [0.717, 1.165) is 25.7 Å². The molecule has 2 saturated carbocycles. The van der Waals surface area contributed by atoms with Gasteiger partial charge in [-0.1, -0.05) is 37.5 Å². The molecule has 1 saturated heterocycles. The predicted molar refractivity (Wildman–Crippen MR) is 115 cm³/mol. The number of benzene rings is 1. The van der Waals surface area contributed by atoms with Gasteiger partial charge in [-0.3, -0.25) is 9.59 Å². The van der Waals surface area contributed by atoms with Crippen LogP contribution < -0.4 is 5.32 Å². The summed E-state index contributed by atoms with van der Waals surface area (Å²) in [6, 6.07) is 6.90. The number of carbonyl (C=O) groups excluding carboxylic acids is 2. The normalized spacial score (nSPS) is 29.6. The van der Waals surface area contributed by atoms with Crippen molar-refractivity contribution in [2.45, 2.75) is 68.7 Å². The summed E-state index contributed by atoms with van der Waals surface area (Å²) in [5, 5.41) is 3.51. The van der Waals surface area contributed by atoms with Crippen molar-refractivity contribution in [2.75, 3.05) is 7.05 Å². The van der Waals surface area contributed by atoms with E-state index in [1.165, 1.54) is 25.3 Å². The number of hydrogen-bond acceptors (Lipinski definition) is 3. The molecule has 156 valence electrons. The highest BCUT2D eigenvalue weighted by Gasteiger charge is 2.43. The first-order valence-corrected chi connectivity index (χ1v) is 11.6. The van der Waals surface area contributed by atoms with Crippen LogP contribution >= 0.6 is 11.8 Å². The Morgan fingerprint density at radius 3 is 2.69 bits per heavy atom. The van der Waals surface area contributed by atoms with Gasteiger partial charge in [-0.2, -0.15) is 0 Å². The zero-order valence-corrected chi connectivity index (χ0v) is 17.7. The minimum atomic E-state index is -0.318. The number of nitrogens with zero attached hydrogens (tertiary/aromatic N) is 1. The SMILES string of the molecule is CN1C(=O)/C(=C/c2ccccc2F)SC2CCC(C(=O)NC3CCCCC3)CC21.